The van der Waals surface area contributed by atoms with Crippen molar-refractivity contribution in [3.05, 3.63) is 54.1 Å². The number of carbonyl (C=O) groups is 1. The van der Waals surface area contributed by atoms with Gasteiger partial charge in [-0.25, -0.2) is 13.4 Å². The lowest BCUT2D eigenvalue weighted by Gasteiger charge is -2.43. The molecular weight excluding hydrogens is 452 g/mol. The number of likely N-dealkylation sites (tertiary alicyclic amines) is 1. The maximum Gasteiger partial charge on any atom is 0.236 e. The number of rotatable bonds is 9. The number of unbranched alkanes of at least 4 members (excludes halogenated alkanes) is 1. The molecule has 2 aliphatic heterocycles. The van der Waals surface area contributed by atoms with Gasteiger partial charge in [0.15, 0.2) is 0 Å². The van der Waals surface area contributed by atoms with E-state index in [4.69, 9.17) is 4.74 Å². The van der Waals surface area contributed by atoms with Crippen molar-refractivity contribution >= 4 is 21.6 Å². The second-order valence-electron chi connectivity index (χ2n) is 9.36. The Labute approximate surface area is 202 Å². The van der Waals surface area contributed by atoms with E-state index in [2.05, 4.69) is 39.1 Å². The molecule has 2 aromatic carbocycles. The summed E-state index contributed by atoms with van der Waals surface area (Å²) in [5.41, 5.74) is 4.79. The molecule has 2 fully saturated rings. The van der Waals surface area contributed by atoms with Crippen LogP contribution in [0.1, 0.15) is 44.6 Å². The number of nitrogens with one attached hydrogen (secondary N) is 2. The fraction of sp³-hybridized carbons (Fsp3) is 0.480. The van der Waals surface area contributed by atoms with Crippen LogP contribution in [0.4, 0.5) is 5.69 Å². The molecule has 184 valence electrons. The van der Waals surface area contributed by atoms with Crippen molar-refractivity contribution in [1.82, 2.24) is 15.3 Å². The highest BCUT2D eigenvalue weighted by atomic mass is 32.2. The first-order chi connectivity index (χ1) is 16.2. The summed E-state index contributed by atoms with van der Waals surface area (Å²) < 4.78 is 31.0. The summed E-state index contributed by atoms with van der Waals surface area (Å²) in [5.74, 6) is 1.52. The van der Waals surface area contributed by atoms with E-state index in [0.717, 1.165) is 63.9 Å². The van der Waals surface area contributed by atoms with E-state index in [1.165, 1.54) is 5.56 Å². The first-order valence-electron chi connectivity index (χ1n) is 11.9. The predicted octanol–water partition coefficient (Wildman–Crippen LogP) is 3.72. The van der Waals surface area contributed by atoms with Crippen LogP contribution in [-0.2, 0) is 21.4 Å². The molecule has 0 aromatic heterocycles. The van der Waals surface area contributed by atoms with E-state index in [0.29, 0.717) is 17.9 Å². The molecule has 34 heavy (non-hydrogen) atoms. The third kappa shape index (κ3) is 6.28. The molecule has 4 rings (SSSR count). The van der Waals surface area contributed by atoms with Crippen LogP contribution in [0, 0.1) is 0 Å². The molecule has 8 nitrogen and oxygen atoms in total. The second kappa shape index (κ2) is 10.3. The predicted molar refractivity (Wildman–Crippen MR) is 133 cm³/mol. The largest absolute Gasteiger partial charge is 0.457 e. The Morgan fingerprint density at radius 2 is 1.65 bits per heavy atom. The number of hydrazine groups is 1. The number of hydrogen-bond donors (Lipinski definition) is 2. The summed E-state index contributed by atoms with van der Waals surface area (Å²) >= 11 is 0. The van der Waals surface area contributed by atoms with Gasteiger partial charge in [0.25, 0.3) is 0 Å². The molecule has 2 aliphatic rings. The standard InChI is InChI=1S/C25H34N4O4S/c1-3-4-15-29-25(18-24(30)26-29)13-16-28(17-14-25)19-20-5-9-22(10-6-20)33-23-11-7-21(8-12-23)27-34(2,31)32/h5-12,27H,3-4,13-19H2,1-2H3,(H,26,30). The van der Waals surface area contributed by atoms with E-state index >= 15 is 0 Å². The molecule has 0 aliphatic carbocycles. The van der Waals surface area contributed by atoms with Gasteiger partial charge in [-0.1, -0.05) is 25.5 Å². The van der Waals surface area contributed by atoms with Gasteiger partial charge in [0.1, 0.15) is 11.5 Å². The third-order valence-electron chi connectivity index (χ3n) is 6.57. The molecular formula is C25H34N4O4S. The molecule has 1 spiro atoms. The van der Waals surface area contributed by atoms with Crippen LogP contribution in [0.3, 0.4) is 0 Å². The molecule has 0 radical (unpaired) electrons. The van der Waals surface area contributed by atoms with Crippen molar-refractivity contribution in [2.45, 2.75) is 51.1 Å². The van der Waals surface area contributed by atoms with Gasteiger partial charge >= 0.3 is 0 Å². The molecule has 2 N–H and O–H groups in total. The Hall–Kier alpha value is -2.62. The van der Waals surface area contributed by atoms with Gasteiger partial charge in [0, 0.05) is 38.3 Å². The van der Waals surface area contributed by atoms with Crippen molar-refractivity contribution in [3.63, 3.8) is 0 Å². The summed E-state index contributed by atoms with van der Waals surface area (Å²) in [4.78, 5) is 14.5. The van der Waals surface area contributed by atoms with Crippen molar-refractivity contribution in [3.8, 4) is 11.5 Å². The fourth-order valence-electron chi connectivity index (χ4n) is 4.75. The Balaban J connectivity index is 1.28. The van der Waals surface area contributed by atoms with E-state index in [1.807, 2.05) is 12.1 Å². The highest BCUT2D eigenvalue weighted by molar-refractivity contribution is 7.92. The lowest BCUT2D eigenvalue weighted by atomic mass is 9.84. The molecule has 0 saturated carbocycles. The molecule has 9 heteroatoms. The zero-order valence-corrected chi connectivity index (χ0v) is 20.7. The van der Waals surface area contributed by atoms with Crippen LogP contribution in [0.25, 0.3) is 0 Å². The average Bonchev–Trinajstić information content (AvgIpc) is 3.10. The summed E-state index contributed by atoms with van der Waals surface area (Å²) in [6.07, 6.45) is 5.96. The summed E-state index contributed by atoms with van der Waals surface area (Å²) in [7, 11) is -3.30. The van der Waals surface area contributed by atoms with Crippen LogP contribution in [-0.4, -0.2) is 55.7 Å². The highest BCUT2D eigenvalue weighted by Gasteiger charge is 2.46. The number of ether oxygens (including phenoxy) is 1. The maximum atomic E-state index is 12.1. The topological polar surface area (TPSA) is 91.0 Å². The van der Waals surface area contributed by atoms with Gasteiger partial charge in [0.2, 0.25) is 15.9 Å². The van der Waals surface area contributed by atoms with E-state index < -0.39 is 10.0 Å². The first-order valence-corrected chi connectivity index (χ1v) is 13.8. The van der Waals surface area contributed by atoms with Crippen LogP contribution in [0.5, 0.6) is 11.5 Å². The van der Waals surface area contributed by atoms with E-state index in [-0.39, 0.29) is 11.4 Å². The number of hydrogen-bond acceptors (Lipinski definition) is 6. The minimum Gasteiger partial charge on any atom is -0.457 e. The number of benzene rings is 2. The molecule has 2 aromatic rings. The lowest BCUT2D eigenvalue weighted by molar-refractivity contribution is -0.121. The molecule has 2 saturated heterocycles. The number of sulfonamides is 1. The quantitative estimate of drug-likeness (QED) is 0.561. The van der Waals surface area contributed by atoms with E-state index in [9.17, 15) is 13.2 Å². The molecule has 0 atom stereocenters. The number of anilines is 1. The van der Waals surface area contributed by atoms with Gasteiger partial charge in [-0.05, 0) is 61.2 Å². The van der Waals surface area contributed by atoms with Gasteiger partial charge in [-0.3, -0.25) is 19.8 Å². The number of nitrogens with zero attached hydrogens (tertiary/aromatic N) is 2. The summed E-state index contributed by atoms with van der Waals surface area (Å²) in [6.45, 7) is 5.94. The molecule has 0 unspecified atom stereocenters. The Bertz CT molecular complexity index is 1080. The van der Waals surface area contributed by atoms with Crippen LogP contribution in [0.2, 0.25) is 0 Å². The third-order valence-corrected chi connectivity index (χ3v) is 7.17. The zero-order valence-electron chi connectivity index (χ0n) is 19.9. The van der Waals surface area contributed by atoms with Gasteiger partial charge in [-0.15, -0.1) is 0 Å². The SMILES string of the molecule is CCCCN1NC(=O)CC12CCN(Cc1ccc(Oc3ccc(NS(C)(=O)=O)cc3)cc1)CC2. The highest BCUT2D eigenvalue weighted by Crippen LogP contribution is 2.35. The molecule has 2 heterocycles. The smallest absolute Gasteiger partial charge is 0.236 e. The van der Waals surface area contributed by atoms with Crippen molar-refractivity contribution in [2.75, 3.05) is 30.6 Å². The van der Waals surface area contributed by atoms with Gasteiger partial charge in [0.05, 0.1) is 11.8 Å². The summed E-state index contributed by atoms with van der Waals surface area (Å²) in [6, 6.07) is 14.9. The number of amides is 1. The zero-order chi connectivity index (χ0) is 24.2. The molecule has 0 bridgehead atoms. The van der Waals surface area contributed by atoms with Gasteiger partial charge < -0.3 is 4.74 Å². The fourth-order valence-corrected chi connectivity index (χ4v) is 5.31. The van der Waals surface area contributed by atoms with Gasteiger partial charge in [-0.2, -0.15) is 0 Å². The Morgan fingerprint density at radius 3 is 2.24 bits per heavy atom. The minimum atomic E-state index is -3.30. The molecule has 1 amide bonds. The number of carbonyl (C=O) groups excluding carboxylic acids is 1. The summed E-state index contributed by atoms with van der Waals surface area (Å²) in [5, 5.41) is 2.21. The lowest BCUT2D eigenvalue weighted by Crippen LogP contribution is -2.54. The maximum absolute atomic E-state index is 12.1. The Morgan fingerprint density at radius 1 is 1.03 bits per heavy atom. The monoisotopic (exact) mass is 486 g/mol. The van der Waals surface area contributed by atoms with Crippen molar-refractivity contribution in [2.24, 2.45) is 0 Å². The van der Waals surface area contributed by atoms with Crippen LogP contribution < -0.4 is 14.9 Å². The normalized spacial score (nSPS) is 18.7. The van der Waals surface area contributed by atoms with Crippen LogP contribution in [0.15, 0.2) is 48.5 Å². The van der Waals surface area contributed by atoms with Crippen molar-refractivity contribution in [1.29, 1.82) is 0 Å². The first kappa shape index (κ1) is 24.5. The second-order valence-corrected chi connectivity index (χ2v) is 11.1. The van der Waals surface area contributed by atoms with Crippen molar-refractivity contribution < 1.29 is 17.9 Å². The minimum absolute atomic E-state index is 0.0210. The average molecular weight is 487 g/mol. The number of piperidine rings is 1. The Kier molecular flexibility index (Phi) is 7.45. The van der Waals surface area contributed by atoms with Crippen LogP contribution >= 0.6 is 0 Å². The van der Waals surface area contributed by atoms with E-state index in [1.54, 1.807) is 24.3 Å².